The maximum atomic E-state index is 10.7. The minimum atomic E-state index is -0.815. The predicted octanol–water partition coefficient (Wildman–Crippen LogP) is 5.43. The van der Waals surface area contributed by atoms with Crippen LogP contribution in [0.3, 0.4) is 0 Å². The van der Waals surface area contributed by atoms with Gasteiger partial charge in [-0.25, -0.2) is 9.97 Å². The number of benzene rings is 2. The van der Waals surface area contributed by atoms with E-state index in [1.54, 1.807) is 6.33 Å². The second-order valence-corrected chi connectivity index (χ2v) is 7.83. The smallest absolute Gasteiger partial charge is 0.303 e. The Labute approximate surface area is 186 Å². The number of H-pyrrole nitrogens is 1. The van der Waals surface area contributed by atoms with Crippen molar-refractivity contribution in [1.29, 1.82) is 0 Å². The first-order chi connectivity index (χ1) is 15.5. The average molecular weight is 431 g/mol. The number of nitrogens with one attached hydrogen (secondary N) is 2. The van der Waals surface area contributed by atoms with Gasteiger partial charge in [0.25, 0.3) is 0 Å². The SMILES string of the molecule is CC(Nc1ncnc2[nH]c(-c3ccc(O[C@H](C)CCC(=O)O)cc3)cc12)c1ccccc1. The molecule has 7 heteroatoms. The Morgan fingerprint density at radius 1 is 1.09 bits per heavy atom. The Morgan fingerprint density at radius 2 is 1.84 bits per heavy atom. The molecule has 3 N–H and O–H groups in total. The summed E-state index contributed by atoms with van der Waals surface area (Å²) in [7, 11) is 0. The average Bonchev–Trinajstić information content (AvgIpc) is 3.24. The normalized spacial score (nSPS) is 12.9. The number of nitrogens with zero attached hydrogens (tertiary/aromatic N) is 2. The molecule has 0 aliphatic heterocycles. The molecule has 0 fully saturated rings. The molecule has 0 bridgehead atoms. The summed E-state index contributed by atoms with van der Waals surface area (Å²) in [5.41, 5.74) is 3.88. The molecule has 32 heavy (non-hydrogen) atoms. The van der Waals surface area contributed by atoms with Crippen molar-refractivity contribution in [3.05, 3.63) is 72.6 Å². The number of aromatic amines is 1. The van der Waals surface area contributed by atoms with Gasteiger partial charge in [0.2, 0.25) is 0 Å². The molecular formula is C25H26N4O3. The van der Waals surface area contributed by atoms with Crippen LogP contribution in [0.1, 0.15) is 38.3 Å². The maximum Gasteiger partial charge on any atom is 0.303 e. The van der Waals surface area contributed by atoms with Crippen LogP contribution < -0.4 is 10.1 Å². The summed E-state index contributed by atoms with van der Waals surface area (Å²) in [6.45, 7) is 3.98. The molecule has 0 radical (unpaired) electrons. The van der Waals surface area contributed by atoms with E-state index in [1.807, 2.05) is 55.5 Å². The minimum absolute atomic E-state index is 0.0919. The molecule has 0 saturated carbocycles. The highest BCUT2D eigenvalue weighted by molar-refractivity contribution is 5.91. The van der Waals surface area contributed by atoms with Gasteiger partial charge in [-0.05, 0) is 61.7 Å². The predicted molar refractivity (Wildman–Crippen MR) is 125 cm³/mol. The van der Waals surface area contributed by atoms with Gasteiger partial charge in [-0.2, -0.15) is 0 Å². The van der Waals surface area contributed by atoms with Gasteiger partial charge in [-0.3, -0.25) is 4.79 Å². The van der Waals surface area contributed by atoms with E-state index in [4.69, 9.17) is 9.84 Å². The summed E-state index contributed by atoms with van der Waals surface area (Å²) in [6, 6.07) is 20.1. The molecule has 4 rings (SSSR count). The Balaban J connectivity index is 1.50. The van der Waals surface area contributed by atoms with Gasteiger partial charge in [0.1, 0.15) is 23.5 Å². The molecule has 0 amide bonds. The summed E-state index contributed by atoms with van der Waals surface area (Å²) in [5, 5.41) is 13.2. The molecule has 0 aliphatic carbocycles. The molecule has 4 aromatic rings. The summed E-state index contributed by atoms with van der Waals surface area (Å²) in [4.78, 5) is 22.9. The second-order valence-electron chi connectivity index (χ2n) is 7.83. The number of anilines is 1. The molecule has 164 valence electrons. The molecule has 2 atom stereocenters. The van der Waals surface area contributed by atoms with Gasteiger partial charge in [0.15, 0.2) is 0 Å². The molecule has 2 aromatic heterocycles. The summed E-state index contributed by atoms with van der Waals surface area (Å²) in [5.74, 6) is 0.673. The van der Waals surface area contributed by atoms with Crippen LogP contribution >= 0.6 is 0 Å². The number of carboxylic acid groups (broad SMARTS) is 1. The highest BCUT2D eigenvalue weighted by Crippen LogP contribution is 2.30. The zero-order valence-electron chi connectivity index (χ0n) is 18.1. The van der Waals surface area contributed by atoms with Crippen molar-refractivity contribution in [2.24, 2.45) is 0 Å². The number of rotatable bonds is 9. The van der Waals surface area contributed by atoms with E-state index in [9.17, 15) is 4.79 Å². The van der Waals surface area contributed by atoms with Crippen LogP contribution in [-0.4, -0.2) is 32.1 Å². The fourth-order valence-corrected chi connectivity index (χ4v) is 3.57. The van der Waals surface area contributed by atoms with Crippen molar-refractivity contribution in [1.82, 2.24) is 15.0 Å². The van der Waals surface area contributed by atoms with E-state index in [1.165, 1.54) is 5.56 Å². The van der Waals surface area contributed by atoms with Gasteiger partial charge in [0, 0.05) is 18.2 Å². The quantitative estimate of drug-likeness (QED) is 0.327. The number of aliphatic carboxylic acids is 1. The monoisotopic (exact) mass is 430 g/mol. The number of hydrogen-bond acceptors (Lipinski definition) is 5. The van der Waals surface area contributed by atoms with Crippen LogP contribution in [0.15, 0.2) is 67.0 Å². The Bertz CT molecular complexity index is 1190. The van der Waals surface area contributed by atoms with Crippen LogP contribution in [0, 0.1) is 0 Å². The van der Waals surface area contributed by atoms with E-state index in [0.29, 0.717) is 12.2 Å². The lowest BCUT2D eigenvalue weighted by atomic mass is 10.1. The first-order valence-corrected chi connectivity index (χ1v) is 10.6. The van der Waals surface area contributed by atoms with Crippen molar-refractivity contribution in [3.8, 4) is 17.0 Å². The topological polar surface area (TPSA) is 100 Å². The van der Waals surface area contributed by atoms with E-state index < -0.39 is 5.97 Å². The van der Waals surface area contributed by atoms with Gasteiger partial charge < -0.3 is 20.1 Å². The molecule has 2 aromatic carbocycles. The van der Waals surface area contributed by atoms with E-state index in [2.05, 4.69) is 39.3 Å². The number of hydrogen-bond donors (Lipinski definition) is 3. The largest absolute Gasteiger partial charge is 0.491 e. The van der Waals surface area contributed by atoms with Gasteiger partial charge in [-0.15, -0.1) is 0 Å². The number of carboxylic acids is 1. The number of carbonyl (C=O) groups is 1. The maximum absolute atomic E-state index is 10.7. The lowest BCUT2D eigenvalue weighted by molar-refractivity contribution is -0.137. The van der Waals surface area contributed by atoms with E-state index in [-0.39, 0.29) is 18.6 Å². The highest BCUT2D eigenvalue weighted by atomic mass is 16.5. The van der Waals surface area contributed by atoms with Crippen LogP contribution in [0.2, 0.25) is 0 Å². The van der Waals surface area contributed by atoms with E-state index in [0.717, 1.165) is 28.1 Å². The van der Waals surface area contributed by atoms with Crippen molar-refractivity contribution < 1.29 is 14.6 Å². The fraction of sp³-hybridized carbons (Fsp3) is 0.240. The summed E-state index contributed by atoms with van der Waals surface area (Å²) in [6.07, 6.45) is 1.95. The lowest BCUT2D eigenvalue weighted by Crippen LogP contribution is -2.13. The zero-order chi connectivity index (χ0) is 22.5. The van der Waals surface area contributed by atoms with Crippen molar-refractivity contribution >= 4 is 22.8 Å². The van der Waals surface area contributed by atoms with Crippen molar-refractivity contribution in [3.63, 3.8) is 0 Å². The molecule has 0 saturated heterocycles. The molecule has 2 heterocycles. The van der Waals surface area contributed by atoms with Crippen LogP contribution in [0.4, 0.5) is 5.82 Å². The standard InChI is InChI=1S/C25H26N4O3/c1-16(8-13-23(30)31)32-20-11-9-19(10-12-20)22-14-21-24(26-15-27-25(21)29-22)28-17(2)18-6-4-3-5-7-18/h3-7,9-12,14-17H,8,13H2,1-2H3,(H,30,31)(H2,26,27,28,29)/t16-,17?/m1/s1. The fourth-order valence-electron chi connectivity index (χ4n) is 3.57. The Kier molecular flexibility index (Phi) is 6.35. The van der Waals surface area contributed by atoms with Crippen molar-refractivity contribution in [2.75, 3.05) is 5.32 Å². The number of aromatic nitrogens is 3. The Morgan fingerprint density at radius 3 is 2.56 bits per heavy atom. The third-order valence-electron chi connectivity index (χ3n) is 5.35. The molecular weight excluding hydrogens is 404 g/mol. The first-order valence-electron chi connectivity index (χ1n) is 10.6. The molecule has 1 unspecified atom stereocenters. The summed E-state index contributed by atoms with van der Waals surface area (Å²) >= 11 is 0. The van der Waals surface area contributed by atoms with Crippen molar-refractivity contribution in [2.45, 2.75) is 38.8 Å². The van der Waals surface area contributed by atoms with Gasteiger partial charge >= 0.3 is 5.97 Å². The molecule has 0 aliphatic rings. The molecule has 7 nitrogen and oxygen atoms in total. The first kappa shape index (κ1) is 21.4. The third kappa shape index (κ3) is 5.06. The zero-order valence-corrected chi connectivity index (χ0v) is 18.1. The minimum Gasteiger partial charge on any atom is -0.491 e. The number of ether oxygens (including phenoxy) is 1. The summed E-state index contributed by atoms with van der Waals surface area (Å²) < 4.78 is 5.81. The number of fused-ring (bicyclic) bond motifs is 1. The van der Waals surface area contributed by atoms with Crippen LogP contribution in [0.5, 0.6) is 5.75 Å². The van der Waals surface area contributed by atoms with Gasteiger partial charge in [-0.1, -0.05) is 30.3 Å². The van der Waals surface area contributed by atoms with E-state index >= 15 is 0 Å². The van der Waals surface area contributed by atoms with Crippen LogP contribution in [-0.2, 0) is 4.79 Å². The second kappa shape index (κ2) is 9.51. The highest BCUT2D eigenvalue weighted by Gasteiger charge is 2.13. The van der Waals surface area contributed by atoms with Crippen LogP contribution in [0.25, 0.3) is 22.3 Å². The third-order valence-corrected chi connectivity index (χ3v) is 5.35. The lowest BCUT2D eigenvalue weighted by Gasteiger charge is -2.15. The molecule has 0 spiro atoms. The van der Waals surface area contributed by atoms with Gasteiger partial charge in [0.05, 0.1) is 11.5 Å². The Hall–Kier alpha value is -3.87.